The molecule has 2 rings (SSSR count). The number of hydrogen-bond acceptors (Lipinski definition) is 5. The summed E-state index contributed by atoms with van der Waals surface area (Å²) in [7, 11) is 0. The molecule has 0 bridgehead atoms. The van der Waals surface area contributed by atoms with Crippen molar-refractivity contribution in [1.82, 2.24) is 9.97 Å². The van der Waals surface area contributed by atoms with Crippen LogP contribution in [0.5, 0.6) is 0 Å². The van der Waals surface area contributed by atoms with Gasteiger partial charge in [-0.15, -0.1) is 17.8 Å². The molecule has 0 atom stereocenters. The fourth-order valence-corrected chi connectivity index (χ4v) is 3.13. The number of fused-ring (bicyclic) bond motifs is 1. The number of H-pyrrole nitrogens is 1. The van der Waals surface area contributed by atoms with Crippen LogP contribution in [0.15, 0.2) is 9.95 Å². The lowest BCUT2D eigenvalue weighted by Crippen LogP contribution is -2.09. The fraction of sp³-hybridized carbons (Fsp3) is 0.182. The topological polar surface area (TPSA) is 83.0 Å². The molecule has 2 aromatic heterocycles. The van der Waals surface area contributed by atoms with Crippen molar-refractivity contribution >= 4 is 39.3 Å². The molecule has 2 N–H and O–H groups in total. The van der Waals surface area contributed by atoms with Crippen LogP contribution in [0.3, 0.4) is 0 Å². The van der Waals surface area contributed by atoms with Gasteiger partial charge in [-0.25, -0.2) is 9.78 Å². The zero-order valence-electron chi connectivity index (χ0n) is 9.31. The maximum atomic E-state index is 11.9. The molecule has 7 heteroatoms. The highest BCUT2D eigenvalue weighted by atomic mass is 32.2. The Hall–Kier alpha value is -1.78. The summed E-state index contributed by atoms with van der Waals surface area (Å²) in [6, 6.07) is 0. The third-order valence-corrected chi connectivity index (χ3v) is 4.22. The van der Waals surface area contributed by atoms with E-state index in [9.17, 15) is 9.59 Å². The summed E-state index contributed by atoms with van der Waals surface area (Å²) >= 11 is 2.23. The van der Waals surface area contributed by atoms with Gasteiger partial charge in [-0.2, -0.15) is 0 Å². The molecule has 0 radical (unpaired) electrons. The summed E-state index contributed by atoms with van der Waals surface area (Å²) in [4.78, 5) is 30.2. The number of rotatable bonds is 3. The van der Waals surface area contributed by atoms with Crippen LogP contribution in [0.4, 0.5) is 0 Å². The largest absolute Gasteiger partial charge is 0.477 e. The number of terminal acetylenes is 1. The first-order valence-corrected chi connectivity index (χ1v) is 6.67. The van der Waals surface area contributed by atoms with Crippen molar-refractivity contribution in [2.24, 2.45) is 0 Å². The standard InChI is InChI=1S/C11H8N2O3S2/c1-3-4-17-11-12-8(14)6-5(2)7(10(15)16)18-9(6)13-11/h1H,4H2,2H3,(H,15,16)(H,12,13,14). The second-order valence-corrected chi connectivity index (χ2v) is 5.37. The molecule has 5 nitrogen and oxygen atoms in total. The predicted molar refractivity (Wildman–Crippen MR) is 71.5 cm³/mol. The minimum atomic E-state index is -1.05. The van der Waals surface area contributed by atoms with Crippen LogP contribution < -0.4 is 5.56 Å². The van der Waals surface area contributed by atoms with Gasteiger partial charge in [-0.3, -0.25) is 4.79 Å². The van der Waals surface area contributed by atoms with Crippen molar-refractivity contribution in [2.75, 3.05) is 5.75 Å². The normalized spacial score (nSPS) is 10.4. The number of aromatic carboxylic acids is 1. The maximum absolute atomic E-state index is 11.9. The third-order valence-electron chi connectivity index (χ3n) is 2.27. The average Bonchev–Trinajstić information content (AvgIpc) is 2.64. The number of aromatic amines is 1. The van der Waals surface area contributed by atoms with Gasteiger partial charge in [0.15, 0.2) is 5.16 Å². The molecule has 0 aliphatic carbocycles. The Kier molecular flexibility index (Phi) is 3.41. The zero-order valence-corrected chi connectivity index (χ0v) is 10.9. The van der Waals surface area contributed by atoms with Crippen LogP contribution in [0.1, 0.15) is 15.2 Å². The van der Waals surface area contributed by atoms with Crippen LogP contribution in [-0.2, 0) is 0 Å². The van der Waals surface area contributed by atoms with Crippen molar-refractivity contribution in [3.8, 4) is 12.3 Å². The fourth-order valence-electron chi connectivity index (χ4n) is 1.51. The second-order valence-electron chi connectivity index (χ2n) is 3.41. The van der Waals surface area contributed by atoms with Crippen molar-refractivity contribution < 1.29 is 9.90 Å². The molecule has 0 spiro atoms. The summed E-state index contributed by atoms with van der Waals surface area (Å²) in [6.07, 6.45) is 5.13. The monoisotopic (exact) mass is 280 g/mol. The minimum Gasteiger partial charge on any atom is -0.477 e. The number of hydrogen-bond donors (Lipinski definition) is 2. The molecule has 18 heavy (non-hydrogen) atoms. The number of aromatic nitrogens is 2. The van der Waals surface area contributed by atoms with E-state index in [2.05, 4.69) is 15.9 Å². The Bertz CT molecular complexity index is 724. The molecule has 0 aliphatic rings. The van der Waals surface area contributed by atoms with Crippen molar-refractivity contribution in [3.05, 3.63) is 20.8 Å². The van der Waals surface area contributed by atoms with Crippen LogP contribution in [0.25, 0.3) is 10.2 Å². The molecule has 0 unspecified atom stereocenters. The first-order valence-electron chi connectivity index (χ1n) is 4.87. The number of aryl methyl sites for hydroxylation is 1. The van der Waals surface area contributed by atoms with E-state index in [1.807, 2.05) is 0 Å². The van der Waals surface area contributed by atoms with E-state index in [0.29, 0.717) is 26.7 Å². The lowest BCUT2D eigenvalue weighted by atomic mass is 10.2. The molecule has 0 saturated heterocycles. The predicted octanol–water partition coefficient (Wildman–Crippen LogP) is 1.72. The van der Waals surface area contributed by atoms with E-state index in [0.717, 1.165) is 11.3 Å². The van der Waals surface area contributed by atoms with Crippen molar-refractivity contribution in [2.45, 2.75) is 12.1 Å². The first kappa shape index (κ1) is 12.7. The van der Waals surface area contributed by atoms with Crippen LogP contribution in [0, 0.1) is 19.3 Å². The van der Waals surface area contributed by atoms with Gasteiger partial charge in [0, 0.05) is 0 Å². The van der Waals surface area contributed by atoms with E-state index < -0.39 is 5.97 Å². The molecule has 92 valence electrons. The third kappa shape index (κ3) is 2.12. The Morgan fingerprint density at radius 1 is 1.67 bits per heavy atom. The quantitative estimate of drug-likeness (QED) is 0.508. The molecule has 0 aromatic carbocycles. The highest BCUT2D eigenvalue weighted by Gasteiger charge is 2.18. The van der Waals surface area contributed by atoms with E-state index >= 15 is 0 Å². The molecular weight excluding hydrogens is 272 g/mol. The molecular formula is C11H8N2O3S2. The number of thiophene rings is 1. The Morgan fingerprint density at radius 2 is 2.39 bits per heavy atom. The molecule has 0 amide bonds. The highest BCUT2D eigenvalue weighted by molar-refractivity contribution is 7.99. The SMILES string of the molecule is C#CCSc1nc2sc(C(=O)O)c(C)c2c(=O)[nH]1. The van der Waals surface area contributed by atoms with Gasteiger partial charge < -0.3 is 10.1 Å². The number of carbonyl (C=O) groups is 1. The summed E-state index contributed by atoms with van der Waals surface area (Å²) in [5.74, 6) is 1.77. The van der Waals surface area contributed by atoms with Gasteiger partial charge in [0.1, 0.15) is 9.71 Å². The molecule has 0 saturated carbocycles. The van der Waals surface area contributed by atoms with Crippen molar-refractivity contribution in [1.29, 1.82) is 0 Å². The van der Waals surface area contributed by atoms with E-state index in [1.54, 1.807) is 6.92 Å². The molecule has 0 fully saturated rings. The minimum absolute atomic E-state index is 0.141. The Labute approximate surface area is 110 Å². The van der Waals surface area contributed by atoms with Gasteiger partial charge in [0.2, 0.25) is 0 Å². The second kappa shape index (κ2) is 4.84. The van der Waals surface area contributed by atoms with Gasteiger partial charge in [-0.05, 0) is 12.5 Å². The molecule has 2 heterocycles. The van der Waals surface area contributed by atoms with Gasteiger partial charge in [-0.1, -0.05) is 17.7 Å². The lowest BCUT2D eigenvalue weighted by Gasteiger charge is -1.97. The Balaban J connectivity index is 2.64. The van der Waals surface area contributed by atoms with Crippen LogP contribution in [-0.4, -0.2) is 26.8 Å². The highest BCUT2D eigenvalue weighted by Crippen LogP contribution is 2.27. The summed E-state index contributed by atoms with van der Waals surface area (Å²) in [6.45, 7) is 1.60. The smallest absolute Gasteiger partial charge is 0.346 e. The van der Waals surface area contributed by atoms with Crippen LogP contribution >= 0.6 is 23.1 Å². The number of thioether (sulfide) groups is 1. The number of carboxylic acids is 1. The van der Waals surface area contributed by atoms with E-state index in [1.165, 1.54) is 11.8 Å². The van der Waals surface area contributed by atoms with Gasteiger partial charge >= 0.3 is 5.97 Å². The summed E-state index contributed by atoms with van der Waals surface area (Å²) < 4.78 is 0. The van der Waals surface area contributed by atoms with Gasteiger partial charge in [0.25, 0.3) is 5.56 Å². The molecule has 0 aliphatic heterocycles. The number of carboxylic acid groups (broad SMARTS) is 1. The summed E-state index contributed by atoms with van der Waals surface area (Å²) in [5, 5.41) is 9.75. The van der Waals surface area contributed by atoms with E-state index in [4.69, 9.17) is 11.5 Å². The molecule has 2 aromatic rings. The summed E-state index contributed by atoms with van der Waals surface area (Å²) in [5.41, 5.74) is 0.116. The maximum Gasteiger partial charge on any atom is 0.346 e. The average molecular weight is 280 g/mol. The number of nitrogens with zero attached hydrogens (tertiary/aromatic N) is 1. The first-order chi connectivity index (χ1) is 8.54. The van der Waals surface area contributed by atoms with E-state index in [-0.39, 0.29) is 10.4 Å². The van der Waals surface area contributed by atoms with Crippen LogP contribution in [0.2, 0.25) is 0 Å². The lowest BCUT2D eigenvalue weighted by molar-refractivity contribution is 0.0701. The van der Waals surface area contributed by atoms with Gasteiger partial charge in [0.05, 0.1) is 11.1 Å². The number of nitrogens with one attached hydrogen (secondary N) is 1. The zero-order chi connectivity index (χ0) is 13.3. The Morgan fingerprint density at radius 3 is 3.00 bits per heavy atom. The van der Waals surface area contributed by atoms with Crippen molar-refractivity contribution in [3.63, 3.8) is 0 Å².